The molecule has 0 fully saturated rings. The molecule has 0 aliphatic carbocycles. The molecule has 0 atom stereocenters. The van der Waals surface area contributed by atoms with Crippen LogP contribution in [0.5, 0.6) is 0 Å². The van der Waals surface area contributed by atoms with Crippen molar-refractivity contribution in [3.8, 4) is 0 Å². The summed E-state index contributed by atoms with van der Waals surface area (Å²) >= 11 is 0. The molecule has 0 saturated heterocycles. The third-order valence-corrected chi connectivity index (χ3v) is 2.23. The fourth-order valence-corrected chi connectivity index (χ4v) is 1.59. The van der Waals surface area contributed by atoms with Crippen molar-refractivity contribution < 1.29 is 9.18 Å². The van der Waals surface area contributed by atoms with Crippen molar-refractivity contribution in [1.29, 1.82) is 0 Å². The molecule has 0 saturated carbocycles. The quantitative estimate of drug-likeness (QED) is 0.772. The Bertz CT molecular complexity index is 354. The molecule has 2 rings (SSSR count). The summed E-state index contributed by atoms with van der Waals surface area (Å²) in [6.45, 7) is -0.130. The molecule has 1 N–H and O–H groups in total. The van der Waals surface area contributed by atoms with Crippen LogP contribution in [0.25, 0.3) is 0 Å². The second-order valence-electron chi connectivity index (χ2n) is 3.11. The van der Waals surface area contributed by atoms with Crippen LogP contribution in [0.2, 0.25) is 0 Å². The average molecular weight is 194 g/mol. The predicted molar refractivity (Wildman–Crippen MR) is 53.3 cm³/mol. The first-order chi connectivity index (χ1) is 6.83. The van der Waals surface area contributed by atoms with Crippen molar-refractivity contribution in [2.24, 2.45) is 0 Å². The topological polar surface area (TPSA) is 32.3 Å². The molecule has 1 amide bonds. The maximum atomic E-state index is 12.2. The molecule has 0 unspecified atom stereocenters. The van der Waals surface area contributed by atoms with Gasteiger partial charge in [0, 0.05) is 0 Å². The molecular formula is C10H11FN2O. The van der Waals surface area contributed by atoms with Crippen LogP contribution in [-0.2, 0) is 4.79 Å². The van der Waals surface area contributed by atoms with E-state index in [2.05, 4.69) is 5.32 Å². The van der Waals surface area contributed by atoms with Gasteiger partial charge in [-0.05, 0) is 12.1 Å². The summed E-state index contributed by atoms with van der Waals surface area (Å²) in [4.78, 5) is 12.9. The number of alkyl halides is 1. The van der Waals surface area contributed by atoms with Crippen molar-refractivity contribution in [2.75, 3.05) is 30.0 Å². The number of benzene rings is 1. The van der Waals surface area contributed by atoms with Gasteiger partial charge in [-0.3, -0.25) is 4.79 Å². The number of hydrogen-bond donors (Lipinski definition) is 1. The molecule has 74 valence electrons. The van der Waals surface area contributed by atoms with E-state index in [9.17, 15) is 9.18 Å². The molecule has 4 heteroatoms. The van der Waals surface area contributed by atoms with Gasteiger partial charge < -0.3 is 10.2 Å². The molecule has 1 aliphatic rings. The van der Waals surface area contributed by atoms with Gasteiger partial charge in [0.15, 0.2) is 0 Å². The number of nitrogens with zero attached hydrogens (tertiary/aromatic N) is 1. The van der Waals surface area contributed by atoms with E-state index in [-0.39, 0.29) is 19.0 Å². The van der Waals surface area contributed by atoms with E-state index >= 15 is 0 Å². The molecule has 1 aliphatic heterocycles. The normalized spacial score (nSPS) is 14.9. The minimum Gasteiger partial charge on any atom is -0.374 e. The minimum atomic E-state index is -0.514. The predicted octanol–water partition coefficient (Wildman–Crippen LogP) is 1.41. The Balaban J connectivity index is 2.36. The second kappa shape index (κ2) is 3.65. The first-order valence-electron chi connectivity index (χ1n) is 4.52. The Morgan fingerprint density at radius 2 is 2.21 bits per heavy atom. The summed E-state index contributed by atoms with van der Waals surface area (Å²) in [5, 5.41) is 2.99. The van der Waals surface area contributed by atoms with E-state index in [0.717, 1.165) is 11.4 Å². The van der Waals surface area contributed by atoms with E-state index in [1.807, 2.05) is 24.3 Å². The molecule has 0 bridgehead atoms. The standard InChI is InChI=1S/C10H11FN2O/c11-5-6-13-9-4-2-1-3-8(9)12-7-10(13)14/h1-4,12H,5-7H2. The molecule has 1 aromatic rings. The first kappa shape index (κ1) is 8.99. The molecule has 14 heavy (non-hydrogen) atoms. The highest BCUT2D eigenvalue weighted by Gasteiger charge is 2.22. The fraction of sp³-hybridized carbons (Fsp3) is 0.300. The van der Waals surface area contributed by atoms with Gasteiger partial charge in [-0.1, -0.05) is 12.1 Å². The number of rotatable bonds is 2. The molecule has 0 spiro atoms. The Morgan fingerprint density at radius 3 is 3.00 bits per heavy atom. The molecule has 0 aromatic heterocycles. The van der Waals surface area contributed by atoms with Crippen LogP contribution < -0.4 is 10.2 Å². The Morgan fingerprint density at radius 1 is 1.43 bits per heavy atom. The maximum absolute atomic E-state index is 12.2. The van der Waals surface area contributed by atoms with Crippen LogP contribution >= 0.6 is 0 Å². The fourth-order valence-electron chi connectivity index (χ4n) is 1.59. The van der Waals surface area contributed by atoms with Crippen molar-refractivity contribution in [1.82, 2.24) is 0 Å². The van der Waals surface area contributed by atoms with Gasteiger partial charge in [-0.2, -0.15) is 0 Å². The highest BCUT2D eigenvalue weighted by molar-refractivity contribution is 6.02. The lowest BCUT2D eigenvalue weighted by Gasteiger charge is -2.29. The highest BCUT2D eigenvalue weighted by Crippen LogP contribution is 2.28. The van der Waals surface area contributed by atoms with Crippen molar-refractivity contribution in [3.63, 3.8) is 0 Å². The van der Waals surface area contributed by atoms with Crippen LogP contribution in [0.4, 0.5) is 15.8 Å². The number of anilines is 2. The lowest BCUT2D eigenvalue weighted by molar-refractivity contribution is -0.117. The van der Waals surface area contributed by atoms with Crippen molar-refractivity contribution in [2.45, 2.75) is 0 Å². The lowest BCUT2D eigenvalue weighted by atomic mass is 10.2. The van der Waals surface area contributed by atoms with Gasteiger partial charge in [-0.25, -0.2) is 4.39 Å². The third kappa shape index (κ3) is 1.43. The van der Waals surface area contributed by atoms with Crippen LogP contribution in [0.1, 0.15) is 0 Å². The first-order valence-corrected chi connectivity index (χ1v) is 4.52. The summed E-state index contributed by atoms with van der Waals surface area (Å²) in [6.07, 6.45) is 0. The van der Waals surface area contributed by atoms with Gasteiger partial charge in [-0.15, -0.1) is 0 Å². The smallest absolute Gasteiger partial charge is 0.246 e. The van der Waals surface area contributed by atoms with Crippen LogP contribution in [0.3, 0.4) is 0 Å². The summed E-state index contributed by atoms with van der Waals surface area (Å²) in [5.74, 6) is -0.0821. The molecule has 1 heterocycles. The van der Waals surface area contributed by atoms with E-state index in [1.54, 1.807) is 0 Å². The van der Waals surface area contributed by atoms with E-state index < -0.39 is 6.67 Å². The van der Waals surface area contributed by atoms with Gasteiger partial charge in [0.1, 0.15) is 6.67 Å². The second-order valence-corrected chi connectivity index (χ2v) is 3.11. The van der Waals surface area contributed by atoms with Crippen LogP contribution in [0, 0.1) is 0 Å². The Kier molecular flexibility index (Phi) is 2.35. The summed E-state index contributed by atoms with van der Waals surface area (Å²) in [7, 11) is 0. The monoisotopic (exact) mass is 194 g/mol. The van der Waals surface area contributed by atoms with Gasteiger partial charge in [0.2, 0.25) is 5.91 Å². The lowest BCUT2D eigenvalue weighted by Crippen LogP contribution is -2.41. The summed E-state index contributed by atoms with van der Waals surface area (Å²) < 4.78 is 12.2. The van der Waals surface area contributed by atoms with Gasteiger partial charge in [0.25, 0.3) is 0 Å². The maximum Gasteiger partial charge on any atom is 0.246 e. The van der Waals surface area contributed by atoms with Gasteiger partial charge >= 0.3 is 0 Å². The number of para-hydroxylation sites is 2. The highest BCUT2D eigenvalue weighted by atomic mass is 19.1. The number of carbonyl (C=O) groups is 1. The van der Waals surface area contributed by atoms with Crippen molar-refractivity contribution in [3.05, 3.63) is 24.3 Å². The number of amides is 1. The van der Waals surface area contributed by atoms with Crippen LogP contribution in [0.15, 0.2) is 24.3 Å². The van der Waals surface area contributed by atoms with E-state index in [1.165, 1.54) is 4.90 Å². The third-order valence-electron chi connectivity index (χ3n) is 2.23. The molecular weight excluding hydrogens is 183 g/mol. The molecule has 1 aromatic carbocycles. The Labute approximate surface area is 81.5 Å². The SMILES string of the molecule is O=C1CNc2ccccc2N1CCF. The number of nitrogens with one attached hydrogen (secondary N) is 1. The van der Waals surface area contributed by atoms with Crippen molar-refractivity contribution >= 4 is 17.3 Å². The largest absolute Gasteiger partial charge is 0.374 e. The zero-order chi connectivity index (χ0) is 9.97. The summed E-state index contributed by atoms with van der Waals surface area (Å²) in [5.41, 5.74) is 1.65. The zero-order valence-corrected chi connectivity index (χ0v) is 7.66. The Hall–Kier alpha value is -1.58. The number of hydrogen-bond acceptors (Lipinski definition) is 2. The van der Waals surface area contributed by atoms with E-state index in [4.69, 9.17) is 0 Å². The minimum absolute atomic E-state index is 0.0821. The number of carbonyl (C=O) groups excluding carboxylic acids is 1. The average Bonchev–Trinajstić information content (AvgIpc) is 2.23. The zero-order valence-electron chi connectivity index (χ0n) is 7.66. The summed E-state index contributed by atoms with van der Waals surface area (Å²) in [6, 6.07) is 7.42. The van der Waals surface area contributed by atoms with E-state index in [0.29, 0.717) is 0 Å². The van der Waals surface area contributed by atoms with Gasteiger partial charge in [0.05, 0.1) is 24.5 Å². The number of fused-ring (bicyclic) bond motifs is 1. The van der Waals surface area contributed by atoms with Crippen LogP contribution in [-0.4, -0.2) is 25.7 Å². The number of halogens is 1. The molecule has 3 nitrogen and oxygen atoms in total. The molecule has 0 radical (unpaired) electrons.